The van der Waals surface area contributed by atoms with Gasteiger partial charge in [0.25, 0.3) is 5.91 Å². The van der Waals surface area contributed by atoms with Gasteiger partial charge in [-0.05, 0) is 72.5 Å². The van der Waals surface area contributed by atoms with Gasteiger partial charge in [-0.2, -0.15) is 5.26 Å². The van der Waals surface area contributed by atoms with E-state index in [1.165, 1.54) is 0 Å². The fourth-order valence-corrected chi connectivity index (χ4v) is 3.06. The molecule has 1 amide bonds. The van der Waals surface area contributed by atoms with Crippen molar-refractivity contribution in [3.05, 3.63) is 99.0 Å². The maximum atomic E-state index is 12.5. The van der Waals surface area contributed by atoms with E-state index in [9.17, 15) is 10.1 Å². The number of halogens is 1. The third kappa shape index (κ3) is 5.59. The first-order valence-electron chi connectivity index (χ1n) is 9.43. The topological polar surface area (TPSA) is 62.1 Å². The van der Waals surface area contributed by atoms with Crippen molar-refractivity contribution in [3.8, 4) is 11.8 Å². The number of rotatable bonds is 6. The fraction of sp³-hybridized carbons (Fsp3) is 0.120. The lowest BCUT2D eigenvalue weighted by Crippen LogP contribution is -2.14. The number of aryl methyl sites for hydroxylation is 1. The van der Waals surface area contributed by atoms with Crippen LogP contribution in [0.2, 0.25) is 0 Å². The van der Waals surface area contributed by atoms with Crippen LogP contribution in [-0.2, 0) is 11.4 Å². The van der Waals surface area contributed by atoms with Gasteiger partial charge in [0.05, 0.1) is 0 Å². The summed E-state index contributed by atoms with van der Waals surface area (Å²) in [5.41, 5.74) is 4.62. The normalized spacial score (nSPS) is 10.9. The summed E-state index contributed by atoms with van der Waals surface area (Å²) < 4.78 is 6.81. The number of carbonyl (C=O) groups excluding carboxylic acids is 1. The van der Waals surface area contributed by atoms with Crippen LogP contribution >= 0.6 is 15.9 Å². The number of amides is 1. The predicted octanol–water partition coefficient (Wildman–Crippen LogP) is 6.19. The van der Waals surface area contributed by atoms with E-state index in [0.717, 1.165) is 26.7 Å². The summed E-state index contributed by atoms with van der Waals surface area (Å²) in [5, 5.41) is 12.3. The number of carbonyl (C=O) groups is 1. The van der Waals surface area contributed by atoms with Crippen LogP contribution in [0.3, 0.4) is 0 Å². The Labute approximate surface area is 184 Å². The van der Waals surface area contributed by atoms with E-state index >= 15 is 0 Å². The number of hydrogen-bond donors (Lipinski definition) is 1. The van der Waals surface area contributed by atoms with Gasteiger partial charge < -0.3 is 10.1 Å². The molecule has 0 saturated heterocycles. The number of nitriles is 1. The van der Waals surface area contributed by atoms with Gasteiger partial charge in [0, 0.05) is 10.2 Å². The third-order valence-corrected chi connectivity index (χ3v) is 5.26. The molecule has 0 bridgehead atoms. The molecule has 150 valence electrons. The molecule has 30 heavy (non-hydrogen) atoms. The number of ether oxygens (including phenoxy) is 1. The molecule has 0 aliphatic heterocycles. The Morgan fingerprint density at radius 2 is 1.77 bits per heavy atom. The highest BCUT2D eigenvalue weighted by molar-refractivity contribution is 9.10. The average Bonchev–Trinajstić information content (AvgIpc) is 2.75. The third-order valence-electron chi connectivity index (χ3n) is 4.73. The lowest BCUT2D eigenvalue weighted by Gasteiger charge is -2.10. The first-order valence-corrected chi connectivity index (χ1v) is 10.2. The van der Waals surface area contributed by atoms with Crippen molar-refractivity contribution in [1.29, 1.82) is 5.26 Å². The molecule has 0 aliphatic carbocycles. The number of nitrogens with zero attached hydrogens (tertiary/aromatic N) is 1. The SMILES string of the molecule is Cc1cccc(NC(=O)/C(C#N)=C/c2ccc(OCc3ccc(Br)cc3)cc2)c1C. The van der Waals surface area contributed by atoms with Crippen LogP contribution in [0.15, 0.2) is 76.8 Å². The lowest BCUT2D eigenvalue weighted by molar-refractivity contribution is -0.112. The average molecular weight is 461 g/mol. The summed E-state index contributed by atoms with van der Waals surface area (Å²) in [5.74, 6) is 0.287. The monoisotopic (exact) mass is 460 g/mol. The maximum Gasteiger partial charge on any atom is 0.266 e. The molecule has 1 N–H and O–H groups in total. The van der Waals surface area contributed by atoms with Crippen LogP contribution in [0.5, 0.6) is 5.75 Å². The van der Waals surface area contributed by atoms with Crippen LogP contribution in [0, 0.1) is 25.2 Å². The largest absolute Gasteiger partial charge is 0.489 e. The number of hydrogen-bond acceptors (Lipinski definition) is 3. The summed E-state index contributed by atoms with van der Waals surface area (Å²) in [6.45, 7) is 4.38. The molecule has 4 nitrogen and oxygen atoms in total. The lowest BCUT2D eigenvalue weighted by atomic mass is 10.1. The molecule has 3 aromatic rings. The Hall–Kier alpha value is -3.36. The van der Waals surface area contributed by atoms with Crippen molar-refractivity contribution >= 4 is 33.6 Å². The van der Waals surface area contributed by atoms with E-state index in [-0.39, 0.29) is 5.57 Å². The van der Waals surface area contributed by atoms with Crippen LogP contribution < -0.4 is 10.1 Å². The van der Waals surface area contributed by atoms with Crippen molar-refractivity contribution in [2.45, 2.75) is 20.5 Å². The molecule has 0 spiro atoms. The zero-order valence-corrected chi connectivity index (χ0v) is 18.4. The molecule has 0 aliphatic rings. The van der Waals surface area contributed by atoms with Crippen molar-refractivity contribution in [3.63, 3.8) is 0 Å². The summed E-state index contributed by atoms with van der Waals surface area (Å²) in [6, 6.07) is 22.9. The van der Waals surface area contributed by atoms with E-state index in [2.05, 4.69) is 21.2 Å². The second-order valence-electron chi connectivity index (χ2n) is 6.86. The second kappa shape index (κ2) is 9.91. The van der Waals surface area contributed by atoms with Crippen LogP contribution in [0.4, 0.5) is 5.69 Å². The first-order chi connectivity index (χ1) is 14.5. The molecule has 0 saturated carbocycles. The molecule has 0 radical (unpaired) electrons. The van der Waals surface area contributed by atoms with Crippen LogP contribution in [0.1, 0.15) is 22.3 Å². The molecule has 3 aromatic carbocycles. The van der Waals surface area contributed by atoms with Crippen LogP contribution in [0.25, 0.3) is 6.08 Å². The van der Waals surface area contributed by atoms with Gasteiger partial charge in [0.2, 0.25) is 0 Å². The number of nitrogens with one attached hydrogen (secondary N) is 1. The fourth-order valence-electron chi connectivity index (χ4n) is 2.80. The quantitative estimate of drug-likeness (QED) is 0.352. The number of benzene rings is 3. The van der Waals surface area contributed by atoms with Gasteiger partial charge in [0.15, 0.2) is 0 Å². The maximum absolute atomic E-state index is 12.5. The summed E-state index contributed by atoms with van der Waals surface area (Å²) in [4.78, 5) is 12.5. The number of anilines is 1. The zero-order chi connectivity index (χ0) is 21.5. The molecular weight excluding hydrogens is 440 g/mol. The minimum atomic E-state index is -0.429. The van der Waals surface area contributed by atoms with E-state index < -0.39 is 5.91 Å². The van der Waals surface area contributed by atoms with Gasteiger partial charge in [-0.1, -0.05) is 52.3 Å². The Bertz CT molecular complexity index is 1110. The molecule has 0 fully saturated rings. The Balaban J connectivity index is 1.66. The van der Waals surface area contributed by atoms with Gasteiger partial charge >= 0.3 is 0 Å². The minimum absolute atomic E-state index is 0.0411. The first kappa shape index (κ1) is 21.4. The van der Waals surface area contributed by atoms with E-state index in [1.807, 2.05) is 86.6 Å². The van der Waals surface area contributed by atoms with Crippen molar-refractivity contribution < 1.29 is 9.53 Å². The van der Waals surface area contributed by atoms with E-state index in [1.54, 1.807) is 6.08 Å². The zero-order valence-electron chi connectivity index (χ0n) is 16.8. The summed E-state index contributed by atoms with van der Waals surface area (Å²) in [6.07, 6.45) is 1.57. The highest BCUT2D eigenvalue weighted by Crippen LogP contribution is 2.20. The van der Waals surface area contributed by atoms with E-state index in [0.29, 0.717) is 18.0 Å². The van der Waals surface area contributed by atoms with Crippen molar-refractivity contribution in [1.82, 2.24) is 0 Å². The Kier molecular flexibility index (Phi) is 7.05. The van der Waals surface area contributed by atoms with Gasteiger partial charge in [-0.3, -0.25) is 4.79 Å². The Morgan fingerprint density at radius 3 is 2.43 bits per heavy atom. The second-order valence-corrected chi connectivity index (χ2v) is 7.77. The molecule has 0 heterocycles. The van der Waals surface area contributed by atoms with Gasteiger partial charge in [0.1, 0.15) is 24.0 Å². The van der Waals surface area contributed by atoms with Crippen LogP contribution in [-0.4, -0.2) is 5.91 Å². The summed E-state index contributed by atoms with van der Waals surface area (Å²) in [7, 11) is 0. The molecule has 0 aromatic heterocycles. The van der Waals surface area contributed by atoms with E-state index in [4.69, 9.17) is 4.74 Å². The van der Waals surface area contributed by atoms with Gasteiger partial charge in [-0.15, -0.1) is 0 Å². The minimum Gasteiger partial charge on any atom is -0.489 e. The predicted molar refractivity (Wildman–Crippen MR) is 123 cm³/mol. The van der Waals surface area contributed by atoms with Crippen molar-refractivity contribution in [2.75, 3.05) is 5.32 Å². The molecule has 0 unspecified atom stereocenters. The molecular formula is C25H21BrN2O2. The van der Waals surface area contributed by atoms with Gasteiger partial charge in [-0.25, -0.2) is 0 Å². The highest BCUT2D eigenvalue weighted by atomic mass is 79.9. The van der Waals surface area contributed by atoms with Crippen molar-refractivity contribution in [2.24, 2.45) is 0 Å². The molecule has 3 rings (SSSR count). The Morgan fingerprint density at radius 1 is 1.07 bits per heavy atom. The summed E-state index contributed by atoms with van der Waals surface area (Å²) >= 11 is 3.41. The molecule has 0 atom stereocenters. The molecule has 5 heteroatoms. The smallest absolute Gasteiger partial charge is 0.266 e. The highest BCUT2D eigenvalue weighted by Gasteiger charge is 2.11. The standard InChI is InChI=1S/C25H21BrN2O2/c1-17-4-3-5-24(18(17)2)28-25(29)21(15-27)14-19-8-12-23(13-9-19)30-16-20-6-10-22(26)11-7-20/h3-14H,16H2,1-2H3,(H,28,29)/b21-14+.